The standard InChI is InChI=1S/C15H28N2/c1-4-14-9-5-7-11-17(14)12-8-6-10-15(2,3)13-16/h14H,4-12H2,1-3H3. The van der Waals surface area contributed by atoms with Crippen molar-refractivity contribution in [1.29, 1.82) is 5.26 Å². The summed E-state index contributed by atoms with van der Waals surface area (Å²) in [5, 5.41) is 8.96. The molecule has 0 aromatic rings. The Morgan fingerprint density at radius 3 is 2.71 bits per heavy atom. The van der Waals surface area contributed by atoms with Crippen molar-refractivity contribution in [3.63, 3.8) is 0 Å². The maximum atomic E-state index is 8.96. The van der Waals surface area contributed by atoms with E-state index in [9.17, 15) is 0 Å². The van der Waals surface area contributed by atoms with Gasteiger partial charge in [0.25, 0.3) is 0 Å². The lowest BCUT2D eigenvalue weighted by Gasteiger charge is -2.35. The number of hydrogen-bond acceptors (Lipinski definition) is 2. The van der Waals surface area contributed by atoms with Gasteiger partial charge in [0.2, 0.25) is 0 Å². The van der Waals surface area contributed by atoms with Gasteiger partial charge in [-0.2, -0.15) is 5.26 Å². The maximum Gasteiger partial charge on any atom is 0.0683 e. The van der Waals surface area contributed by atoms with Crippen LogP contribution in [0.2, 0.25) is 0 Å². The molecule has 1 rings (SSSR count). The Morgan fingerprint density at radius 1 is 1.29 bits per heavy atom. The normalized spacial score (nSPS) is 22.4. The molecule has 0 radical (unpaired) electrons. The molecule has 1 atom stereocenters. The first-order valence-corrected chi connectivity index (χ1v) is 7.24. The van der Waals surface area contributed by atoms with Crippen molar-refractivity contribution in [1.82, 2.24) is 4.90 Å². The minimum atomic E-state index is -0.133. The zero-order chi connectivity index (χ0) is 12.7. The highest BCUT2D eigenvalue weighted by atomic mass is 15.2. The molecule has 1 aliphatic heterocycles. The van der Waals surface area contributed by atoms with E-state index in [1.165, 1.54) is 51.6 Å². The number of hydrogen-bond donors (Lipinski definition) is 0. The molecule has 1 fully saturated rings. The van der Waals surface area contributed by atoms with Crippen LogP contribution in [0.3, 0.4) is 0 Å². The molecular weight excluding hydrogens is 208 g/mol. The zero-order valence-corrected chi connectivity index (χ0v) is 11.8. The van der Waals surface area contributed by atoms with Gasteiger partial charge in [-0.25, -0.2) is 0 Å². The molecule has 0 aliphatic carbocycles. The molecule has 0 amide bonds. The van der Waals surface area contributed by atoms with Crippen LogP contribution in [0, 0.1) is 16.7 Å². The minimum absolute atomic E-state index is 0.133. The lowest BCUT2D eigenvalue weighted by molar-refractivity contribution is 0.140. The number of likely N-dealkylation sites (tertiary alicyclic amines) is 1. The summed E-state index contributed by atoms with van der Waals surface area (Å²) in [6.07, 6.45) is 8.95. The molecule has 1 unspecified atom stereocenters. The van der Waals surface area contributed by atoms with Gasteiger partial charge in [0.1, 0.15) is 0 Å². The second-order valence-corrected chi connectivity index (χ2v) is 6.05. The van der Waals surface area contributed by atoms with E-state index in [2.05, 4.69) is 17.9 Å². The average molecular weight is 236 g/mol. The molecule has 0 aromatic heterocycles. The number of rotatable bonds is 6. The molecule has 0 spiro atoms. The predicted molar refractivity (Wildman–Crippen MR) is 72.7 cm³/mol. The lowest BCUT2D eigenvalue weighted by atomic mass is 9.89. The average Bonchev–Trinajstić information content (AvgIpc) is 2.35. The molecule has 1 heterocycles. The molecule has 1 saturated heterocycles. The van der Waals surface area contributed by atoms with Gasteiger partial charge in [-0.1, -0.05) is 19.8 Å². The Balaban J connectivity index is 2.19. The van der Waals surface area contributed by atoms with Crippen molar-refractivity contribution in [3.05, 3.63) is 0 Å². The Labute approximate surface area is 107 Å². The van der Waals surface area contributed by atoms with Crippen molar-refractivity contribution in [2.45, 2.75) is 71.8 Å². The van der Waals surface area contributed by atoms with E-state index >= 15 is 0 Å². The first-order chi connectivity index (χ1) is 8.09. The third-order valence-electron chi connectivity index (χ3n) is 4.02. The second-order valence-electron chi connectivity index (χ2n) is 6.05. The summed E-state index contributed by atoms with van der Waals surface area (Å²) < 4.78 is 0. The Morgan fingerprint density at radius 2 is 2.06 bits per heavy atom. The molecule has 1 aliphatic rings. The van der Waals surface area contributed by atoms with Crippen LogP contribution >= 0.6 is 0 Å². The van der Waals surface area contributed by atoms with E-state index in [1.54, 1.807) is 0 Å². The highest BCUT2D eigenvalue weighted by Crippen LogP contribution is 2.23. The molecule has 0 N–H and O–H groups in total. The van der Waals surface area contributed by atoms with Crippen molar-refractivity contribution in [3.8, 4) is 6.07 Å². The smallest absolute Gasteiger partial charge is 0.0683 e. The van der Waals surface area contributed by atoms with Gasteiger partial charge in [0.15, 0.2) is 0 Å². The SMILES string of the molecule is CCC1CCCCN1CCCCC(C)(C)C#N. The summed E-state index contributed by atoms with van der Waals surface area (Å²) in [4.78, 5) is 2.67. The number of nitriles is 1. The van der Waals surface area contributed by atoms with Crippen molar-refractivity contribution >= 4 is 0 Å². The summed E-state index contributed by atoms with van der Waals surface area (Å²) in [7, 11) is 0. The quantitative estimate of drug-likeness (QED) is 0.652. The third kappa shape index (κ3) is 5.08. The molecular formula is C15H28N2. The number of unbranched alkanes of at least 4 members (excludes halogenated alkanes) is 1. The monoisotopic (exact) mass is 236 g/mol. The number of piperidine rings is 1. The largest absolute Gasteiger partial charge is 0.300 e. The molecule has 2 nitrogen and oxygen atoms in total. The molecule has 0 aromatic carbocycles. The first kappa shape index (κ1) is 14.5. The second kappa shape index (κ2) is 7.01. The Bertz CT molecular complexity index is 252. The summed E-state index contributed by atoms with van der Waals surface area (Å²) in [6, 6.07) is 3.21. The molecule has 17 heavy (non-hydrogen) atoms. The highest BCUT2D eigenvalue weighted by Gasteiger charge is 2.20. The van der Waals surface area contributed by atoms with E-state index in [-0.39, 0.29) is 5.41 Å². The summed E-state index contributed by atoms with van der Waals surface area (Å²) >= 11 is 0. The van der Waals surface area contributed by atoms with Gasteiger partial charge >= 0.3 is 0 Å². The van der Waals surface area contributed by atoms with E-state index in [1.807, 2.05) is 13.8 Å². The van der Waals surface area contributed by atoms with Crippen molar-refractivity contribution in [2.75, 3.05) is 13.1 Å². The van der Waals surface area contributed by atoms with Gasteiger partial charge in [0.05, 0.1) is 11.5 Å². The van der Waals surface area contributed by atoms with E-state index in [0.717, 1.165) is 12.5 Å². The molecule has 0 bridgehead atoms. The number of nitrogens with zero attached hydrogens (tertiary/aromatic N) is 2. The fourth-order valence-corrected chi connectivity index (χ4v) is 2.75. The van der Waals surface area contributed by atoms with E-state index in [0.29, 0.717) is 0 Å². The Hall–Kier alpha value is -0.550. The van der Waals surface area contributed by atoms with Crippen LogP contribution in [0.1, 0.15) is 65.7 Å². The summed E-state index contributed by atoms with van der Waals surface area (Å²) in [6.45, 7) is 8.92. The topological polar surface area (TPSA) is 27.0 Å². The van der Waals surface area contributed by atoms with Crippen LogP contribution in [0.15, 0.2) is 0 Å². The van der Waals surface area contributed by atoms with Crippen molar-refractivity contribution < 1.29 is 0 Å². The predicted octanol–water partition coefficient (Wildman–Crippen LogP) is 3.97. The highest BCUT2D eigenvalue weighted by molar-refractivity contribution is 4.91. The van der Waals surface area contributed by atoms with Crippen LogP contribution in [0.5, 0.6) is 0 Å². The van der Waals surface area contributed by atoms with E-state index in [4.69, 9.17) is 5.26 Å². The van der Waals surface area contributed by atoms with Crippen LogP contribution in [0.25, 0.3) is 0 Å². The lowest BCUT2D eigenvalue weighted by Crippen LogP contribution is -2.39. The van der Waals surface area contributed by atoms with Crippen molar-refractivity contribution in [2.24, 2.45) is 5.41 Å². The van der Waals surface area contributed by atoms with Crippen LogP contribution in [-0.2, 0) is 0 Å². The van der Waals surface area contributed by atoms with Gasteiger partial charge < -0.3 is 4.90 Å². The van der Waals surface area contributed by atoms with Crippen LogP contribution < -0.4 is 0 Å². The fourth-order valence-electron chi connectivity index (χ4n) is 2.75. The van der Waals surface area contributed by atoms with Crippen LogP contribution in [0.4, 0.5) is 0 Å². The fraction of sp³-hybridized carbons (Fsp3) is 0.933. The third-order valence-corrected chi connectivity index (χ3v) is 4.02. The first-order valence-electron chi connectivity index (χ1n) is 7.24. The van der Waals surface area contributed by atoms with Gasteiger partial charge in [-0.05, 0) is 59.0 Å². The molecule has 0 saturated carbocycles. The summed E-state index contributed by atoms with van der Waals surface area (Å²) in [5.41, 5.74) is -0.133. The zero-order valence-electron chi connectivity index (χ0n) is 11.8. The summed E-state index contributed by atoms with van der Waals surface area (Å²) in [5.74, 6) is 0. The Kier molecular flexibility index (Phi) is 5.98. The molecule has 2 heteroatoms. The maximum absolute atomic E-state index is 8.96. The van der Waals surface area contributed by atoms with Crippen LogP contribution in [-0.4, -0.2) is 24.0 Å². The van der Waals surface area contributed by atoms with Gasteiger partial charge in [-0.15, -0.1) is 0 Å². The van der Waals surface area contributed by atoms with Gasteiger partial charge in [-0.3, -0.25) is 0 Å². The van der Waals surface area contributed by atoms with Gasteiger partial charge in [0, 0.05) is 6.04 Å². The van der Waals surface area contributed by atoms with E-state index < -0.39 is 0 Å². The minimum Gasteiger partial charge on any atom is -0.300 e. The molecule has 98 valence electrons.